The predicted molar refractivity (Wildman–Crippen MR) is 99.0 cm³/mol. The molecule has 1 amide bonds. The van der Waals surface area contributed by atoms with E-state index in [9.17, 15) is 26.4 Å². The highest BCUT2D eigenvalue weighted by Gasteiger charge is 2.35. The van der Waals surface area contributed by atoms with Crippen molar-refractivity contribution in [3.05, 3.63) is 41.7 Å². The molecule has 3 rings (SSSR count). The van der Waals surface area contributed by atoms with E-state index >= 15 is 0 Å². The van der Waals surface area contributed by atoms with E-state index in [1.165, 1.54) is 6.07 Å². The van der Waals surface area contributed by atoms with Gasteiger partial charge in [0.25, 0.3) is 0 Å². The highest BCUT2D eigenvalue weighted by atomic mass is 32.2. The van der Waals surface area contributed by atoms with Crippen LogP contribution in [0.5, 0.6) is 0 Å². The third-order valence-electron chi connectivity index (χ3n) is 4.45. The molecule has 1 unspecified atom stereocenters. The smallest absolute Gasteiger partial charge is 0.377 e. The Morgan fingerprint density at radius 1 is 1.33 bits per heavy atom. The van der Waals surface area contributed by atoms with Crippen LogP contribution in [0.25, 0.3) is 0 Å². The number of nitrogens with zero attached hydrogens (tertiary/aromatic N) is 2. The van der Waals surface area contributed by atoms with E-state index in [-0.39, 0.29) is 12.4 Å². The van der Waals surface area contributed by atoms with Gasteiger partial charge in [0.05, 0.1) is 23.1 Å². The number of carbonyl (C=O) groups excluding carboxylic acids is 1. The first-order chi connectivity index (χ1) is 14.1. The summed E-state index contributed by atoms with van der Waals surface area (Å²) < 4.78 is 76.4. The number of carbonyl (C=O) groups is 1. The molecule has 1 atom stereocenters. The second kappa shape index (κ2) is 8.74. The second-order valence-corrected chi connectivity index (χ2v) is 8.77. The minimum absolute atomic E-state index is 0.103. The van der Waals surface area contributed by atoms with Crippen molar-refractivity contribution in [2.75, 3.05) is 25.0 Å². The van der Waals surface area contributed by atoms with Crippen LogP contribution in [0.2, 0.25) is 0 Å². The van der Waals surface area contributed by atoms with Gasteiger partial charge in [0.15, 0.2) is 5.82 Å². The number of aromatic nitrogens is 1. The van der Waals surface area contributed by atoms with Crippen LogP contribution in [-0.4, -0.2) is 49.6 Å². The summed E-state index contributed by atoms with van der Waals surface area (Å²) in [6, 6.07) is 4.85. The fraction of sp³-hybridized carbons (Fsp3) is 0.444. The summed E-state index contributed by atoms with van der Waals surface area (Å²) in [5.41, 5.74) is -1.09. The van der Waals surface area contributed by atoms with Crippen molar-refractivity contribution in [2.24, 2.45) is 0 Å². The van der Waals surface area contributed by atoms with Crippen LogP contribution in [0, 0.1) is 6.92 Å². The zero-order valence-electron chi connectivity index (χ0n) is 16.0. The largest absolute Gasteiger partial charge is 0.416 e. The molecule has 0 radical (unpaired) electrons. The van der Waals surface area contributed by atoms with Gasteiger partial charge in [0, 0.05) is 19.2 Å². The van der Waals surface area contributed by atoms with Crippen molar-refractivity contribution in [3.63, 3.8) is 0 Å². The Balaban J connectivity index is 1.85. The number of hydrogen-bond donors (Lipinski definition) is 1. The van der Waals surface area contributed by atoms with Gasteiger partial charge < -0.3 is 14.6 Å². The molecule has 1 fully saturated rings. The van der Waals surface area contributed by atoms with Crippen LogP contribution in [-0.2, 0) is 25.7 Å². The molecule has 164 valence electrons. The number of halogens is 3. The van der Waals surface area contributed by atoms with E-state index in [0.29, 0.717) is 24.9 Å². The lowest BCUT2D eigenvalue weighted by molar-refractivity contribution is -0.137. The summed E-state index contributed by atoms with van der Waals surface area (Å²) in [7, 11) is -4.40. The maximum Gasteiger partial charge on any atom is 0.416 e. The van der Waals surface area contributed by atoms with Gasteiger partial charge in [-0.25, -0.2) is 8.42 Å². The summed E-state index contributed by atoms with van der Waals surface area (Å²) in [4.78, 5) is 11.8. The third-order valence-corrected chi connectivity index (χ3v) is 6.25. The van der Waals surface area contributed by atoms with Crippen LogP contribution in [0.3, 0.4) is 0 Å². The lowest BCUT2D eigenvalue weighted by atomic mass is 10.2. The number of alkyl halides is 3. The second-order valence-electron chi connectivity index (χ2n) is 6.83. The molecule has 0 bridgehead atoms. The lowest BCUT2D eigenvalue weighted by Gasteiger charge is -2.24. The molecule has 8 nitrogen and oxygen atoms in total. The van der Waals surface area contributed by atoms with Crippen molar-refractivity contribution in [1.29, 1.82) is 0 Å². The van der Waals surface area contributed by atoms with Gasteiger partial charge in [-0.3, -0.25) is 4.79 Å². The van der Waals surface area contributed by atoms with E-state index in [1.807, 2.05) is 0 Å². The first-order valence-corrected chi connectivity index (χ1v) is 10.5. The van der Waals surface area contributed by atoms with E-state index < -0.39 is 45.2 Å². The fourth-order valence-corrected chi connectivity index (χ4v) is 4.49. The summed E-state index contributed by atoms with van der Waals surface area (Å²) in [5.74, 6) is -0.166. The Bertz CT molecular complexity index is 1000. The number of sulfonamides is 1. The quantitative estimate of drug-likeness (QED) is 0.701. The molecule has 0 aliphatic carbocycles. The zero-order valence-corrected chi connectivity index (χ0v) is 16.8. The molecule has 1 aliphatic rings. The number of nitrogens with one attached hydrogen (secondary N) is 1. The fourth-order valence-electron chi connectivity index (χ4n) is 3.01. The maximum absolute atomic E-state index is 13.1. The molecule has 2 heterocycles. The molecule has 1 aromatic heterocycles. The number of benzene rings is 1. The summed E-state index contributed by atoms with van der Waals surface area (Å²) in [6.07, 6.45) is -3.84. The number of anilines is 1. The number of ether oxygens (including phenoxy) is 1. The van der Waals surface area contributed by atoms with Crippen molar-refractivity contribution < 1.29 is 35.6 Å². The Morgan fingerprint density at radius 3 is 2.70 bits per heavy atom. The number of amides is 1. The van der Waals surface area contributed by atoms with Gasteiger partial charge in [0.2, 0.25) is 15.9 Å². The number of aryl methyl sites for hydroxylation is 1. The van der Waals surface area contributed by atoms with Crippen molar-refractivity contribution in [1.82, 2.24) is 9.46 Å². The minimum atomic E-state index is -4.70. The normalized spacial score (nSPS) is 17.4. The predicted octanol–water partition coefficient (Wildman–Crippen LogP) is 2.81. The SMILES string of the molecule is Cc1cc(NC(=O)CN(CC2CCCO2)S(=O)(=O)c2cccc(C(F)(F)F)c2)no1. The average Bonchev–Trinajstić information content (AvgIpc) is 3.32. The summed E-state index contributed by atoms with van der Waals surface area (Å²) in [6.45, 7) is 1.28. The highest BCUT2D eigenvalue weighted by Crippen LogP contribution is 2.31. The molecule has 30 heavy (non-hydrogen) atoms. The Labute approximate surface area is 171 Å². The Morgan fingerprint density at radius 2 is 2.10 bits per heavy atom. The number of hydrogen-bond acceptors (Lipinski definition) is 6. The monoisotopic (exact) mass is 447 g/mol. The molecular weight excluding hydrogens is 427 g/mol. The van der Waals surface area contributed by atoms with Gasteiger partial charge in [-0.1, -0.05) is 11.2 Å². The molecule has 1 aromatic carbocycles. The molecule has 1 N–H and O–H groups in total. The molecular formula is C18H20F3N3O5S. The average molecular weight is 447 g/mol. The highest BCUT2D eigenvalue weighted by molar-refractivity contribution is 7.89. The molecule has 0 spiro atoms. The van der Waals surface area contributed by atoms with Gasteiger partial charge in [0.1, 0.15) is 5.76 Å². The molecule has 0 saturated carbocycles. The van der Waals surface area contributed by atoms with Crippen molar-refractivity contribution in [3.8, 4) is 0 Å². The number of rotatable bonds is 7. The first kappa shape index (κ1) is 22.2. The van der Waals surface area contributed by atoms with E-state index in [1.54, 1.807) is 6.92 Å². The minimum Gasteiger partial charge on any atom is -0.377 e. The van der Waals surface area contributed by atoms with Gasteiger partial charge in [-0.15, -0.1) is 0 Å². The van der Waals surface area contributed by atoms with Gasteiger partial charge >= 0.3 is 6.18 Å². The topological polar surface area (TPSA) is 102 Å². The van der Waals surface area contributed by atoms with E-state index in [4.69, 9.17) is 9.26 Å². The van der Waals surface area contributed by atoms with E-state index in [2.05, 4.69) is 10.5 Å². The molecule has 2 aromatic rings. The zero-order chi connectivity index (χ0) is 21.9. The lowest BCUT2D eigenvalue weighted by Crippen LogP contribution is -2.42. The maximum atomic E-state index is 13.1. The van der Waals surface area contributed by atoms with Crippen LogP contribution < -0.4 is 5.32 Å². The molecule has 1 aliphatic heterocycles. The van der Waals surface area contributed by atoms with Crippen molar-refractivity contribution >= 4 is 21.7 Å². The molecule has 12 heteroatoms. The Kier molecular flexibility index (Phi) is 6.48. The Hall–Kier alpha value is -2.44. The van der Waals surface area contributed by atoms with Gasteiger partial charge in [-0.05, 0) is 38.0 Å². The summed E-state index contributed by atoms with van der Waals surface area (Å²) in [5, 5.41) is 6.01. The van der Waals surface area contributed by atoms with Crippen LogP contribution in [0.15, 0.2) is 39.8 Å². The summed E-state index contributed by atoms with van der Waals surface area (Å²) >= 11 is 0. The van der Waals surface area contributed by atoms with Crippen LogP contribution in [0.1, 0.15) is 24.2 Å². The van der Waals surface area contributed by atoms with Crippen molar-refractivity contribution in [2.45, 2.75) is 36.9 Å². The van der Waals surface area contributed by atoms with E-state index in [0.717, 1.165) is 28.9 Å². The standard InChI is InChI=1S/C18H20F3N3O5S/c1-12-8-16(23-29-12)22-17(25)11-24(10-14-5-3-7-28-14)30(26,27)15-6-2-4-13(9-15)18(19,20)21/h2,4,6,8-9,14H,3,5,7,10-11H2,1H3,(H,22,23,25). The van der Waals surface area contributed by atoms with Crippen LogP contribution in [0.4, 0.5) is 19.0 Å². The molecule has 1 saturated heterocycles. The van der Waals surface area contributed by atoms with Gasteiger partial charge in [-0.2, -0.15) is 17.5 Å². The third kappa shape index (κ3) is 5.37. The van der Waals surface area contributed by atoms with Crippen LogP contribution >= 0.6 is 0 Å². The first-order valence-electron chi connectivity index (χ1n) is 9.08.